The molecule has 1 unspecified atom stereocenters. The molecular weight excluding hydrogens is 270 g/mol. The van der Waals surface area contributed by atoms with Gasteiger partial charge >= 0.3 is 0 Å². The van der Waals surface area contributed by atoms with Crippen LogP contribution in [0.5, 0.6) is 0 Å². The average Bonchev–Trinajstić information content (AvgIpc) is 3.04. The molecule has 2 fully saturated rings. The van der Waals surface area contributed by atoms with Gasteiger partial charge in [0, 0.05) is 51.9 Å². The van der Waals surface area contributed by atoms with Crippen LogP contribution in [0.4, 0.5) is 0 Å². The Balaban J connectivity index is 1.40. The molecule has 0 spiro atoms. The molecule has 2 aromatic rings. The average molecular weight is 295 g/mol. The van der Waals surface area contributed by atoms with Crippen LogP contribution in [-0.2, 0) is 6.54 Å². The molecule has 0 aromatic heterocycles. The molecule has 22 heavy (non-hydrogen) atoms. The maximum Gasteiger partial charge on any atom is 0.0236 e. The third-order valence-corrected chi connectivity index (χ3v) is 5.14. The van der Waals surface area contributed by atoms with Crippen molar-refractivity contribution in [2.45, 2.75) is 19.0 Å². The molecule has 2 saturated heterocycles. The monoisotopic (exact) mass is 295 g/mol. The molecule has 4 rings (SSSR count). The minimum Gasteiger partial charge on any atom is -0.314 e. The van der Waals surface area contributed by atoms with Crippen molar-refractivity contribution in [2.24, 2.45) is 0 Å². The predicted octanol–water partition coefficient (Wildman–Crippen LogP) is 2.32. The highest BCUT2D eigenvalue weighted by Gasteiger charge is 2.28. The Kier molecular flexibility index (Phi) is 4.11. The number of fused-ring (bicyclic) bond motifs is 1. The minimum atomic E-state index is 0.766. The van der Waals surface area contributed by atoms with E-state index in [1.54, 1.807) is 0 Å². The zero-order chi connectivity index (χ0) is 14.8. The molecule has 0 saturated carbocycles. The topological polar surface area (TPSA) is 18.5 Å². The lowest BCUT2D eigenvalue weighted by atomic mass is 10.1. The quantitative estimate of drug-likeness (QED) is 0.937. The maximum atomic E-state index is 3.45. The number of piperazine rings is 1. The van der Waals surface area contributed by atoms with Gasteiger partial charge in [0.05, 0.1) is 0 Å². The van der Waals surface area contributed by atoms with E-state index in [0.717, 1.165) is 25.7 Å². The Morgan fingerprint density at radius 3 is 2.64 bits per heavy atom. The van der Waals surface area contributed by atoms with E-state index >= 15 is 0 Å². The number of hydrogen-bond acceptors (Lipinski definition) is 3. The van der Waals surface area contributed by atoms with Gasteiger partial charge in [-0.15, -0.1) is 0 Å². The summed E-state index contributed by atoms with van der Waals surface area (Å²) in [4.78, 5) is 5.30. The molecule has 116 valence electrons. The van der Waals surface area contributed by atoms with Crippen molar-refractivity contribution >= 4 is 10.8 Å². The summed E-state index contributed by atoms with van der Waals surface area (Å²) < 4.78 is 0. The highest BCUT2D eigenvalue weighted by Crippen LogP contribution is 2.21. The number of hydrogen-bond donors (Lipinski definition) is 1. The molecule has 2 aliphatic heterocycles. The van der Waals surface area contributed by atoms with Crippen LogP contribution in [0.2, 0.25) is 0 Å². The lowest BCUT2D eigenvalue weighted by molar-refractivity contribution is 0.170. The number of likely N-dealkylation sites (tertiary alicyclic amines) is 1. The van der Waals surface area contributed by atoms with Gasteiger partial charge in [0.1, 0.15) is 0 Å². The standard InChI is InChI=1S/C19H25N3/c1-2-4-18-13-16(5-6-17(18)3-1)14-21-10-7-19(15-21)22-11-8-20-9-12-22/h1-6,13,19-20H,7-12,14-15H2. The van der Waals surface area contributed by atoms with Crippen LogP contribution in [0.1, 0.15) is 12.0 Å². The summed E-state index contributed by atoms with van der Waals surface area (Å²) in [6.07, 6.45) is 1.33. The Morgan fingerprint density at radius 2 is 1.77 bits per heavy atom. The first-order valence-corrected chi connectivity index (χ1v) is 8.53. The lowest BCUT2D eigenvalue weighted by Gasteiger charge is -2.32. The largest absolute Gasteiger partial charge is 0.314 e. The molecular formula is C19H25N3. The second-order valence-corrected chi connectivity index (χ2v) is 6.65. The van der Waals surface area contributed by atoms with E-state index in [0.29, 0.717) is 0 Å². The Labute approximate surface area is 132 Å². The van der Waals surface area contributed by atoms with Crippen LogP contribution in [0, 0.1) is 0 Å². The van der Waals surface area contributed by atoms with Crippen LogP contribution >= 0.6 is 0 Å². The van der Waals surface area contributed by atoms with E-state index in [-0.39, 0.29) is 0 Å². The SMILES string of the molecule is c1ccc2cc(CN3CCC(N4CCNCC4)C3)ccc2c1. The molecule has 1 atom stereocenters. The van der Waals surface area contributed by atoms with Crippen molar-refractivity contribution in [3.63, 3.8) is 0 Å². The van der Waals surface area contributed by atoms with Crippen LogP contribution in [0.15, 0.2) is 42.5 Å². The van der Waals surface area contributed by atoms with Crippen LogP contribution in [0.25, 0.3) is 10.8 Å². The molecule has 0 bridgehead atoms. The number of benzene rings is 2. The first kappa shape index (κ1) is 14.2. The third-order valence-electron chi connectivity index (χ3n) is 5.14. The van der Waals surface area contributed by atoms with E-state index < -0.39 is 0 Å². The van der Waals surface area contributed by atoms with Crippen LogP contribution in [0.3, 0.4) is 0 Å². The maximum absolute atomic E-state index is 3.45. The fourth-order valence-corrected chi connectivity index (χ4v) is 3.90. The number of nitrogens with one attached hydrogen (secondary N) is 1. The summed E-state index contributed by atoms with van der Waals surface area (Å²) >= 11 is 0. The van der Waals surface area contributed by atoms with Gasteiger partial charge in [0.25, 0.3) is 0 Å². The Hall–Kier alpha value is -1.42. The van der Waals surface area contributed by atoms with E-state index in [2.05, 4.69) is 57.6 Å². The van der Waals surface area contributed by atoms with Gasteiger partial charge in [0.2, 0.25) is 0 Å². The minimum absolute atomic E-state index is 0.766. The summed E-state index contributed by atoms with van der Waals surface area (Å²) in [6, 6.07) is 16.3. The normalized spacial score (nSPS) is 24.1. The van der Waals surface area contributed by atoms with Crippen molar-refractivity contribution in [1.29, 1.82) is 0 Å². The molecule has 2 heterocycles. The molecule has 0 amide bonds. The fraction of sp³-hybridized carbons (Fsp3) is 0.474. The van der Waals surface area contributed by atoms with Gasteiger partial charge in [0.15, 0.2) is 0 Å². The Morgan fingerprint density at radius 1 is 0.955 bits per heavy atom. The second kappa shape index (κ2) is 6.37. The van der Waals surface area contributed by atoms with E-state index in [9.17, 15) is 0 Å². The number of nitrogens with zero attached hydrogens (tertiary/aromatic N) is 2. The zero-order valence-corrected chi connectivity index (χ0v) is 13.2. The van der Waals surface area contributed by atoms with E-state index in [4.69, 9.17) is 0 Å². The molecule has 0 radical (unpaired) electrons. The van der Waals surface area contributed by atoms with Gasteiger partial charge in [-0.25, -0.2) is 0 Å². The second-order valence-electron chi connectivity index (χ2n) is 6.65. The van der Waals surface area contributed by atoms with Crippen LogP contribution < -0.4 is 5.32 Å². The van der Waals surface area contributed by atoms with Crippen molar-refractivity contribution in [1.82, 2.24) is 15.1 Å². The van der Waals surface area contributed by atoms with Gasteiger partial charge in [-0.2, -0.15) is 0 Å². The van der Waals surface area contributed by atoms with Crippen LogP contribution in [-0.4, -0.2) is 55.1 Å². The molecule has 3 nitrogen and oxygen atoms in total. The summed E-state index contributed by atoms with van der Waals surface area (Å²) in [5, 5.41) is 6.15. The first-order chi connectivity index (χ1) is 10.9. The van der Waals surface area contributed by atoms with Crippen molar-refractivity contribution in [3.8, 4) is 0 Å². The molecule has 2 aromatic carbocycles. The molecule has 2 aliphatic rings. The van der Waals surface area contributed by atoms with Gasteiger partial charge in [-0.3, -0.25) is 9.80 Å². The third kappa shape index (κ3) is 3.02. The Bertz CT molecular complexity index is 633. The molecule has 3 heteroatoms. The van der Waals surface area contributed by atoms with Gasteiger partial charge in [-0.1, -0.05) is 36.4 Å². The predicted molar refractivity (Wildman–Crippen MR) is 92.1 cm³/mol. The molecule has 1 N–H and O–H groups in total. The summed E-state index contributed by atoms with van der Waals surface area (Å²) in [5.74, 6) is 0. The summed E-state index contributed by atoms with van der Waals surface area (Å²) in [7, 11) is 0. The van der Waals surface area contributed by atoms with Crippen molar-refractivity contribution < 1.29 is 0 Å². The molecule has 0 aliphatic carbocycles. The van der Waals surface area contributed by atoms with Gasteiger partial charge in [-0.05, 0) is 28.8 Å². The van der Waals surface area contributed by atoms with Gasteiger partial charge < -0.3 is 5.32 Å². The van der Waals surface area contributed by atoms with E-state index in [1.165, 1.54) is 48.9 Å². The highest BCUT2D eigenvalue weighted by atomic mass is 15.3. The fourth-order valence-electron chi connectivity index (χ4n) is 3.90. The van der Waals surface area contributed by atoms with Crippen molar-refractivity contribution in [3.05, 3.63) is 48.0 Å². The summed E-state index contributed by atoms with van der Waals surface area (Å²) in [6.45, 7) is 8.30. The summed E-state index contributed by atoms with van der Waals surface area (Å²) in [5.41, 5.74) is 1.44. The smallest absolute Gasteiger partial charge is 0.0236 e. The first-order valence-electron chi connectivity index (χ1n) is 8.53. The van der Waals surface area contributed by atoms with Crippen molar-refractivity contribution in [2.75, 3.05) is 39.3 Å². The lowest BCUT2D eigenvalue weighted by Crippen LogP contribution is -2.49. The number of rotatable bonds is 3. The zero-order valence-electron chi connectivity index (χ0n) is 13.2. The van der Waals surface area contributed by atoms with E-state index in [1.807, 2.05) is 0 Å². The highest BCUT2D eigenvalue weighted by molar-refractivity contribution is 5.82.